The van der Waals surface area contributed by atoms with Gasteiger partial charge < -0.3 is 0 Å². The van der Waals surface area contributed by atoms with Gasteiger partial charge in [-0.05, 0) is 22.4 Å². The van der Waals surface area contributed by atoms with E-state index in [0.717, 1.165) is 21.8 Å². The van der Waals surface area contributed by atoms with Gasteiger partial charge in [0.2, 0.25) is 0 Å². The Labute approximate surface area is 126 Å². The van der Waals surface area contributed by atoms with Crippen LogP contribution >= 0.6 is 23.1 Å². The second kappa shape index (κ2) is 5.69. The molecule has 0 N–H and O–H groups in total. The Morgan fingerprint density at radius 1 is 1.24 bits per heavy atom. The number of rotatable bonds is 4. The average molecular weight is 329 g/mol. The van der Waals surface area contributed by atoms with E-state index in [1.54, 1.807) is 11.3 Å². The molecular formula is C13H10F3N3S2. The third-order valence-electron chi connectivity index (χ3n) is 2.85. The molecule has 0 aliphatic carbocycles. The monoisotopic (exact) mass is 329 g/mol. The van der Waals surface area contributed by atoms with Crippen LogP contribution in [-0.2, 0) is 12.3 Å². The molecular weight excluding hydrogens is 319 g/mol. The molecule has 2 aromatic heterocycles. The third-order valence-corrected chi connectivity index (χ3v) is 4.89. The first-order chi connectivity index (χ1) is 10.0. The lowest BCUT2D eigenvalue weighted by Crippen LogP contribution is -2.17. The quantitative estimate of drug-likeness (QED) is 0.667. The lowest BCUT2D eigenvalue weighted by molar-refractivity contribution is -0.142. The highest BCUT2D eigenvalue weighted by molar-refractivity contribution is 7.98. The van der Waals surface area contributed by atoms with E-state index < -0.39 is 12.7 Å². The zero-order valence-corrected chi connectivity index (χ0v) is 12.3. The summed E-state index contributed by atoms with van der Waals surface area (Å²) >= 11 is 2.89. The molecule has 0 aliphatic heterocycles. The van der Waals surface area contributed by atoms with Crippen molar-refractivity contribution in [2.75, 3.05) is 0 Å². The smallest absolute Gasteiger partial charge is 0.299 e. The van der Waals surface area contributed by atoms with Gasteiger partial charge in [-0.3, -0.25) is 4.57 Å². The molecule has 0 atom stereocenters. The minimum Gasteiger partial charge on any atom is -0.299 e. The molecule has 1 aromatic carbocycles. The maximum absolute atomic E-state index is 12.4. The fourth-order valence-corrected chi connectivity index (χ4v) is 3.92. The highest BCUT2D eigenvalue weighted by Gasteiger charge is 2.29. The maximum atomic E-state index is 12.4. The van der Waals surface area contributed by atoms with Crippen molar-refractivity contribution in [1.82, 2.24) is 14.8 Å². The van der Waals surface area contributed by atoms with Crippen LogP contribution in [0.3, 0.4) is 0 Å². The summed E-state index contributed by atoms with van der Waals surface area (Å²) in [6.07, 6.45) is -3.16. The number of alkyl halides is 3. The number of benzene rings is 1. The van der Waals surface area contributed by atoms with Gasteiger partial charge in [-0.1, -0.05) is 30.0 Å². The zero-order chi connectivity index (χ0) is 14.9. The Morgan fingerprint density at radius 2 is 2.05 bits per heavy atom. The first-order valence-electron chi connectivity index (χ1n) is 6.05. The maximum Gasteiger partial charge on any atom is 0.406 e. The number of aromatic nitrogens is 3. The SMILES string of the molecule is FC(F)(F)Cn1cnnc1SCc1csc2ccccc12. The summed E-state index contributed by atoms with van der Waals surface area (Å²) in [4.78, 5) is 0. The number of halogens is 3. The van der Waals surface area contributed by atoms with E-state index in [9.17, 15) is 13.2 Å². The van der Waals surface area contributed by atoms with Gasteiger partial charge in [0.25, 0.3) is 0 Å². The van der Waals surface area contributed by atoms with Crippen molar-refractivity contribution >= 4 is 33.2 Å². The van der Waals surface area contributed by atoms with Crippen LogP contribution in [0.4, 0.5) is 13.2 Å². The summed E-state index contributed by atoms with van der Waals surface area (Å²) < 4.78 is 39.5. The first kappa shape index (κ1) is 14.4. The van der Waals surface area contributed by atoms with Crippen LogP contribution in [0.1, 0.15) is 5.56 Å². The number of hydrogen-bond acceptors (Lipinski definition) is 4. The van der Waals surface area contributed by atoms with Crippen LogP contribution in [0, 0.1) is 0 Å². The Hall–Kier alpha value is -1.54. The van der Waals surface area contributed by atoms with Crippen molar-refractivity contribution in [1.29, 1.82) is 0 Å². The average Bonchev–Trinajstić information content (AvgIpc) is 3.01. The van der Waals surface area contributed by atoms with Gasteiger partial charge >= 0.3 is 6.18 Å². The molecule has 2 heterocycles. The van der Waals surface area contributed by atoms with Crippen molar-refractivity contribution in [2.45, 2.75) is 23.6 Å². The van der Waals surface area contributed by atoms with E-state index in [-0.39, 0.29) is 5.16 Å². The van der Waals surface area contributed by atoms with Gasteiger partial charge in [-0.2, -0.15) is 13.2 Å². The predicted octanol–water partition coefficient (Wildman–Crippen LogP) is 4.35. The summed E-state index contributed by atoms with van der Waals surface area (Å²) in [6.45, 7) is -1.06. The van der Waals surface area contributed by atoms with Crippen LogP contribution in [0.2, 0.25) is 0 Å². The van der Waals surface area contributed by atoms with E-state index in [1.165, 1.54) is 16.5 Å². The number of thioether (sulfide) groups is 1. The second-order valence-corrected chi connectivity index (χ2v) is 6.26. The van der Waals surface area contributed by atoms with E-state index in [0.29, 0.717) is 5.75 Å². The summed E-state index contributed by atoms with van der Waals surface area (Å²) in [5.41, 5.74) is 1.10. The Morgan fingerprint density at radius 3 is 2.86 bits per heavy atom. The number of fused-ring (bicyclic) bond motifs is 1. The number of thiophene rings is 1. The highest BCUT2D eigenvalue weighted by Crippen LogP contribution is 2.31. The molecule has 0 aliphatic rings. The molecule has 0 spiro atoms. The Kier molecular flexibility index (Phi) is 3.90. The molecule has 8 heteroatoms. The minimum atomic E-state index is -4.27. The van der Waals surface area contributed by atoms with Gasteiger partial charge in [-0.15, -0.1) is 21.5 Å². The van der Waals surface area contributed by atoms with Crippen molar-refractivity contribution in [2.24, 2.45) is 0 Å². The normalized spacial score (nSPS) is 12.1. The molecule has 0 fully saturated rings. The third kappa shape index (κ3) is 3.38. The predicted molar refractivity (Wildman–Crippen MR) is 77.5 cm³/mol. The zero-order valence-electron chi connectivity index (χ0n) is 10.7. The topological polar surface area (TPSA) is 30.7 Å². The molecule has 21 heavy (non-hydrogen) atoms. The van der Waals surface area contributed by atoms with E-state index in [4.69, 9.17) is 0 Å². The molecule has 0 amide bonds. The molecule has 110 valence electrons. The molecule has 0 saturated heterocycles. The molecule has 3 aromatic rings. The van der Waals surface area contributed by atoms with Gasteiger partial charge in [0, 0.05) is 10.5 Å². The molecule has 0 unspecified atom stereocenters. The molecule has 3 rings (SSSR count). The van der Waals surface area contributed by atoms with Crippen LogP contribution in [0.15, 0.2) is 41.1 Å². The van der Waals surface area contributed by atoms with Gasteiger partial charge in [0.15, 0.2) is 5.16 Å². The summed E-state index contributed by atoms with van der Waals surface area (Å²) in [6, 6.07) is 7.97. The van der Waals surface area contributed by atoms with Gasteiger partial charge in [0.05, 0.1) is 0 Å². The van der Waals surface area contributed by atoms with Gasteiger partial charge in [-0.25, -0.2) is 0 Å². The Bertz CT molecular complexity index is 748. The van der Waals surface area contributed by atoms with Gasteiger partial charge in [0.1, 0.15) is 12.9 Å². The van der Waals surface area contributed by atoms with Crippen molar-refractivity contribution in [3.8, 4) is 0 Å². The lowest BCUT2D eigenvalue weighted by atomic mass is 10.2. The largest absolute Gasteiger partial charge is 0.406 e. The van der Waals surface area contributed by atoms with Crippen LogP contribution in [0.25, 0.3) is 10.1 Å². The lowest BCUT2D eigenvalue weighted by Gasteiger charge is -2.08. The van der Waals surface area contributed by atoms with E-state index in [1.807, 2.05) is 29.6 Å². The van der Waals surface area contributed by atoms with E-state index >= 15 is 0 Å². The summed E-state index contributed by atoms with van der Waals surface area (Å²) in [5, 5.41) is 10.8. The number of hydrogen-bond donors (Lipinski definition) is 0. The molecule has 0 saturated carbocycles. The Balaban J connectivity index is 1.75. The van der Waals surface area contributed by atoms with Crippen molar-refractivity contribution in [3.05, 3.63) is 41.5 Å². The summed E-state index contributed by atoms with van der Waals surface area (Å²) in [5.74, 6) is 0.570. The standard InChI is InChI=1S/C13H10F3N3S2/c14-13(15,16)7-19-8-17-18-12(19)21-6-9-5-20-11-4-2-1-3-10(9)11/h1-5,8H,6-7H2. The van der Waals surface area contributed by atoms with Crippen LogP contribution < -0.4 is 0 Å². The van der Waals surface area contributed by atoms with Crippen LogP contribution in [-0.4, -0.2) is 20.9 Å². The highest BCUT2D eigenvalue weighted by atomic mass is 32.2. The fraction of sp³-hybridized carbons (Fsp3) is 0.231. The van der Waals surface area contributed by atoms with Crippen molar-refractivity contribution < 1.29 is 13.2 Å². The minimum absolute atomic E-state index is 0.280. The molecule has 0 bridgehead atoms. The molecule has 0 radical (unpaired) electrons. The van der Waals surface area contributed by atoms with E-state index in [2.05, 4.69) is 10.2 Å². The summed E-state index contributed by atoms with van der Waals surface area (Å²) in [7, 11) is 0. The first-order valence-corrected chi connectivity index (χ1v) is 7.92. The second-order valence-electron chi connectivity index (χ2n) is 4.40. The van der Waals surface area contributed by atoms with Crippen LogP contribution in [0.5, 0.6) is 0 Å². The van der Waals surface area contributed by atoms with Crippen molar-refractivity contribution in [3.63, 3.8) is 0 Å². The molecule has 3 nitrogen and oxygen atoms in total. The fourth-order valence-electron chi connectivity index (χ4n) is 1.94. The number of nitrogens with zero attached hydrogens (tertiary/aromatic N) is 3.